The molecule has 0 spiro atoms. The average molecular weight is 197 g/mol. The topological polar surface area (TPSA) is 29.5 Å². The van der Waals surface area contributed by atoms with Gasteiger partial charge in [-0.15, -0.1) is 0 Å². The van der Waals surface area contributed by atoms with Gasteiger partial charge in [0.1, 0.15) is 11.6 Å². The summed E-state index contributed by atoms with van der Waals surface area (Å²) in [5, 5.41) is 8.96. The lowest BCUT2D eigenvalue weighted by Crippen LogP contribution is -2.04. The molecule has 14 heavy (non-hydrogen) atoms. The Bertz CT molecular complexity index is 299. The Morgan fingerprint density at radius 2 is 2.21 bits per heavy atom. The molecule has 0 fully saturated rings. The first kappa shape index (κ1) is 11.0. The number of halogens is 1. The minimum Gasteiger partial charge on any atom is -0.494 e. The summed E-state index contributed by atoms with van der Waals surface area (Å²) >= 11 is 0. The van der Waals surface area contributed by atoms with Crippen molar-refractivity contribution in [1.82, 2.24) is 0 Å². The molecule has 2 nitrogen and oxygen atoms in total. The second kappa shape index (κ2) is 4.96. The highest BCUT2D eigenvalue weighted by Gasteiger charge is 2.12. The maximum absolute atomic E-state index is 12.9. The summed E-state index contributed by atoms with van der Waals surface area (Å²) in [5.41, 5.74) is 0.634. The van der Waals surface area contributed by atoms with Crippen LogP contribution in [0.15, 0.2) is 18.2 Å². The number of rotatable bonds is 4. The van der Waals surface area contributed by atoms with Crippen LogP contribution in [0.25, 0.3) is 0 Å². The third-order valence-corrected chi connectivity index (χ3v) is 1.94. The smallest absolute Gasteiger partial charge is 0.123 e. The molecule has 0 aliphatic rings. The number of hydrogen-bond donors (Lipinski definition) is 1. The number of aliphatic hydroxyl groups excluding tert-OH is 1. The molecule has 1 aromatic rings. The van der Waals surface area contributed by atoms with Gasteiger partial charge in [0.2, 0.25) is 0 Å². The van der Waals surface area contributed by atoms with E-state index in [1.54, 1.807) is 13.0 Å². The first-order chi connectivity index (χ1) is 6.69. The van der Waals surface area contributed by atoms with E-state index < -0.39 is 0 Å². The summed E-state index contributed by atoms with van der Waals surface area (Å²) in [6.45, 7) is 4.04. The molecule has 0 aromatic heterocycles. The summed E-state index contributed by atoms with van der Waals surface area (Å²) in [4.78, 5) is 0. The lowest BCUT2D eigenvalue weighted by atomic mass is 10.0. The molecule has 77 valence electrons. The fourth-order valence-corrected chi connectivity index (χ4v) is 1.20. The molecule has 0 aliphatic heterocycles. The first-order valence-electron chi connectivity index (χ1n) is 4.55. The molecule has 1 aromatic carbocycles. The van der Waals surface area contributed by atoms with Crippen LogP contribution in [-0.4, -0.2) is 18.3 Å². The molecule has 1 radical (unpaired) electrons. The van der Waals surface area contributed by atoms with E-state index in [0.29, 0.717) is 23.8 Å². The quantitative estimate of drug-likeness (QED) is 0.801. The minimum absolute atomic E-state index is 0.0937. The predicted octanol–water partition coefficient (Wildman–Crippen LogP) is 2.16. The van der Waals surface area contributed by atoms with Gasteiger partial charge >= 0.3 is 0 Å². The summed E-state index contributed by atoms with van der Waals surface area (Å²) < 4.78 is 18.2. The number of hydrogen-bond acceptors (Lipinski definition) is 2. The molecule has 0 unspecified atom stereocenters. The predicted molar refractivity (Wildman–Crippen MR) is 52.7 cm³/mol. The van der Waals surface area contributed by atoms with E-state index in [-0.39, 0.29) is 12.4 Å². The maximum Gasteiger partial charge on any atom is 0.123 e. The highest BCUT2D eigenvalue weighted by atomic mass is 19.1. The molecule has 0 atom stereocenters. The number of benzene rings is 1. The average Bonchev–Trinajstić information content (AvgIpc) is 2.20. The second-order valence-electron chi connectivity index (χ2n) is 3.01. The van der Waals surface area contributed by atoms with Crippen LogP contribution in [0, 0.1) is 11.7 Å². The molecule has 0 aliphatic carbocycles. The van der Waals surface area contributed by atoms with E-state index in [0.717, 1.165) is 0 Å². The minimum atomic E-state index is -0.323. The Balaban J connectivity index is 3.02. The Hall–Kier alpha value is -1.09. The van der Waals surface area contributed by atoms with Crippen LogP contribution in [0.4, 0.5) is 4.39 Å². The van der Waals surface area contributed by atoms with Crippen molar-refractivity contribution in [2.24, 2.45) is 0 Å². The Labute approximate surface area is 83.3 Å². The zero-order chi connectivity index (χ0) is 10.6. The van der Waals surface area contributed by atoms with E-state index in [4.69, 9.17) is 9.84 Å². The molecule has 0 heterocycles. The first-order valence-corrected chi connectivity index (χ1v) is 4.55. The zero-order valence-electron chi connectivity index (χ0n) is 8.38. The Kier molecular flexibility index (Phi) is 3.89. The van der Waals surface area contributed by atoms with Gasteiger partial charge in [-0.05, 0) is 25.1 Å². The third-order valence-electron chi connectivity index (χ3n) is 1.94. The lowest BCUT2D eigenvalue weighted by molar-refractivity contribution is 0.307. The lowest BCUT2D eigenvalue weighted by Gasteiger charge is -2.13. The molecular weight excluding hydrogens is 183 g/mol. The monoisotopic (exact) mass is 197 g/mol. The van der Waals surface area contributed by atoms with Crippen LogP contribution in [0.1, 0.15) is 19.4 Å². The van der Waals surface area contributed by atoms with E-state index in [2.05, 4.69) is 0 Å². The normalized spacial score (nSPS) is 10.6. The van der Waals surface area contributed by atoms with Crippen molar-refractivity contribution in [2.45, 2.75) is 13.8 Å². The van der Waals surface area contributed by atoms with Gasteiger partial charge in [0.25, 0.3) is 0 Å². The molecule has 1 rings (SSSR count). The van der Waals surface area contributed by atoms with Crippen LogP contribution in [-0.2, 0) is 0 Å². The van der Waals surface area contributed by atoms with Gasteiger partial charge in [-0.2, -0.15) is 0 Å². The largest absolute Gasteiger partial charge is 0.494 e. The van der Waals surface area contributed by atoms with Crippen LogP contribution in [0.5, 0.6) is 5.75 Å². The Morgan fingerprint density at radius 1 is 1.50 bits per heavy atom. The van der Waals surface area contributed by atoms with Crippen molar-refractivity contribution in [1.29, 1.82) is 0 Å². The van der Waals surface area contributed by atoms with Gasteiger partial charge in [-0.1, -0.05) is 6.92 Å². The molecule has 0 saturated carbocycles. The third kappa shape index (κ3) is 2.45. The van der Waals surface area contributed by atoms with E-state index in [1.807, 2.05) is 6.92 Å². The zero-order valence-corrected chi connectivity index (χ0v) is 8.38. The van der Waals surface area contributed by atoms with Crippen molar-refractivity contribution in [3.63, 3.8) is 0 Å². The fraction of sp³-hybridized carbons (Fsp3) is 0.364. The van der Waals surface area contributed by atoms with Crippen molar-refractivity contribution < 1.29 is 14.2 Å². The van der Waals surface area contributed by atoms with Gasteiger partial charge < -0.3 is 9.84 Å². The van der Waals surface area contributed by atoms with Gasteiger partial charge in [0.15, 0.2) is 0 Å². The highest BCUT2D eigenvalue weighted by molar-refractivity contribution is 5.43. The fourth-order valence-electron chi connectivity index (χ4n) is 1.20. The van der Waals surface area contributed by atoms with Crippen LogP contribution in [0.2, 0.25) is 0 Å². The standard InChI is InChI=1S/C11H14FO2/c1-3-14-11-5-4-9(12)6-10(11)8(2)7-13/h4-6,13H,3,7H2,1-2H3. The molecule has 0 saturated heterocycles. The summed E-state index contributed by atoms with van der Waals surface area (Å²) in [5.74, 6) is 0.990. The van der Waals surface area contributed by atoms with Gasteiger partial charge in [-0.3, -0.25) is 0 Å². The SMILES string of the molecule is CCOc1ccc(F)cc1[C](C)CO. The summed E-state index contributed by atoms with van der Waals surface area (Å²) in [7, 11) is 0. The van der Waals surface area contributed by atoms with Crippen LogP contribution >= 0.6 is 0 Å². The van der Waals surface area contributed by atoms with E-state index in [1.165, 1.54) is 12.1 Å². The summed E-state index contributed by atoms with van der Waals surface area (Å²) in [6, 6.07) is 4.29. The van der Waals surface area contributed by atoms with Crippen molar-refractivity contribution in [3.05, 3.63) is 35.5 Å². The van der Waals surface area contributed by atoms with Crippen molar-refractivity contribution >= 4 is 0 Å². The van der Waals surface area contributed by atoms with Crippen LogP contribution in [0.3, 0.4) is 0 Å². The Morgan fingerprint density at radius 3 is 2.79 bits per heavy atom. The van der Waals surface area contributed by atoms with Crippen molar-refractivity contribution in [3.8, 4) is 5.75 Å². The van der Waals surface area contributed by atoms with Crippen LogP contribution < -0.4 is 4.74 Å². The number of aliphatic hydroxyl groups is 1. The molecule has 0 bridgehead atoms. The summed E-state index contributed by atoms with van der Waals surface area (Å²) in [6.07, 6.45) is 0. The highest BCUT2D eigenvalue weighted by Crippen LogP contribution is 2.26. The number of ether oxygens (including phenoxy) is 1. The van der Waals surface area contributed by atoms with Crippen molar-refractivity contribution in [2.75, 3.05) is 13.2 Å². The van der Waals surface area contributed by atoms with Gasteiger partial charge in [0, 0.05) is 11.5 Å². The van der Waals surface area contributed by atoms with E-state index in [9.17, 15) is 4.39 Å². The second-order valence-corrected chi connectivity index (χ2v) is 3.01. The van der Waals surface area contributed by atoms with Gasteiger partial charge in [0.05, 0.1) is 13.2 Å². The molecule has 1 N–H and O–H groups in total. The molecule has 3 heteroatoms. The van der Waals surface area contributed by atoms with E-state index >= 15 is 0 Å². The van der Waals surface area contributed by atoms with Gasteiger partial charge in [-0.25, -0.2) is 4.39 Å². The maximum atomic E-state index is 12.9. The molecule has 0 amide bonds. The molecular formula is C11H14FO2.